The summed E-state index contributed by atoms with van der Waals surface area (Å²) in [7, 11) is -16.7. The van der Waals surface area contributed by atoms with Gasteiger partial charge in [0.25, 0.3) is 0 Å². The normalized spacial score (nSPS) is 14.0. The van der Waals surface area contributed by atoms with Gasteiger partial charge in [0, 0.05) is 25.0 Å². The first-order valence-electron chi connectivity index (χ1n) is 5.31. The molecule has 0 atom stereocenters. The lowest BCUT2D eigenvalue weighted by Crippen LogP contribution is -2.17. The molecule has 1 rings (SSSR count). The molecule has 0 fully saturated rings. The van der Waals surface area contributed by atoms with Gasteiger partial charge in [0.2, 0.25) is 0 Å². The van der Waals surface area contributed by atoms with Gasteiger partial charge in [-0.15, -0.1) is 0 Å². The number of aromatic nitrogens is 1. The molecule has 0 aliphatic heterocycles. The summed E-state index contributed by atoms with van der Waals surface area (Å²) in [5, 5.41) is -2.02. The second kappa shape index (κ2) is 5.25. The molecule has 0 aromatic carbocycles. The molecule has 0 amide bonds. The molecule has 0 unspecified atom stereocenters. The quantitative estimate of drug-likeness (QED) is 0.610. The molecule has 0 saturated carbocycles. The van der Waals surface area contributed by atoms with Crippen molar-refractivity contribution in [3.05, 3.63) is 6.07 Å². The standard InChI is InChI=1S/C9H13NO8S4/c1-19(11,12)6-5-7(20(2,13)14)9(22(4,17)18)10-8(6)21(3,15)16/h5H,1-4H3. The van der Waals surface area contributed by atoms with E-state index in [2.05, 4.69) is 4.98 Å². The van der Waals surface area contributed by atoms with Crippen LogP contribution in [0.1, 0.15) is 0 Å². The fourth-order valence-corrected chi connectivity index (χ4v) is 6.21. The monoisotopic (exact) mass is 391 g/mol. The van der Waals surface area contributed by atoms with Crippen LogP contribution in [-0.2, 0) is 39.3 Å². The summed E-state index contributed by atoms with van der Waals surface area (Å²) >= 11 is 0. The first-order chi connectivity index (χ1) is 9.45. The highest BCUT2D eigenvalue weighted by Gasteiger charge is 2.31. The Labute approximate surface area is 129 Å². The maximum absolute atomic E-state index is 11.7. The summed E-state index contributed by atoms with van der Waals surface area (Å²) in [6.07, 6.45) is 2.59. The van der Waals surface area contributed by atoms with Crippen LogP contribution in [-0.4, -0.2) is 63.7 Å². The third kappa shape index (κ3) is 4.02. The van der Waals surface area contributed by atoms with Gasteiger partial charge in [0.1, 0.15) is 9.79 Å². The van der Waals surface area contributed by atoms with E-state index in [1.54, 1.807) is 0 Å². The van der Waals surface area contributed by atoms with E-state index in [0.29, 0.717) is 31.1 Å². The minimum Gasteiger partial charge on any atom is -0.224 e. The Hall–Kier alpha value is -1.05. The van der Waals surface area contributed by atoms with Crippen molar-refractivity contribution in [2.45, 2.75) is 19.8 Å². The molecule has 22 heavy (non-hydrogen) atoms. The van der Waals surface area contributed by atoms with E-state index in [0.717, 1.165) is 0 Å². The molecule has 0 saturated heterocycles. The molecule has 9 nitrogen and oxygen atoms in total. The molecular formula is C9H13NO8S4. The van der Waals surface area contributed by atoms with Gasteiger partial charge in [0.05, 0.1) is 0 Å². The summed E-state index contributed by atoms with van der Waals surface area (Å²) in [5.74, 6) is 0. The number of hydrogen-bond donors (Lipinski definition) is 0. The largest absolute Gasteiger partial charge is 0.224 e. The highest BCUT2D eigenvalue weighted by molar-refractivity contribution is 7.94. The van der Waals surface area contributed by atoms with Crippen molar-refractivity contribution in [1.29, 1.82) is 0 Å². The first kappa shape index (κ1) is 19.0. The minimum atomic E-state index is -4.21. The molecular weight excluding hydrogens is 378 g/mol. The lowest BCUT2D eigenvalue weighted by Gasteiger charge is -2.11. The number of pyridine rings is 1. The van der Waals surface area contributed by atoms with E-state index >= 15 is 0 Å². The topological polar surface area (TPSA) is 149 Å². The van der Waals surface area contributed by atoms with Crippen LogP contribution in [0, 0.1) is 0 Å². The zero-order chi connectivity index (χ0) is 17.7. The predicted molar refractivity (Wildman–Crippen MR) is 76.7 cm³/mol. The fourth-order valence-electron chi connectivity index (χ4n) is 1.51. The van der Waals surface area contributed by atoms with E-state index in [-0.39, 0.29) is 0 Å². The molecule has 1 aromatic rings. The Bertz CT molecular complexity index is 877. The van der Waals surface area contributed by atoms with E-state index < -0.39 is 59.2 Å². The summed E-state index contributed by atoms with van der Waals surface area (Å²) in [5.41, 5.74) is 0. The highest BCUT2D eigenvalue weighted by atomic mass is 32.2. The fraction of sp³-hybridized carbons (Fsp3) is 0.444. The Morgan fingerprint density at radius 1 is 0.591 bits per heavy atom. The van der Waals surface area contributed by atoms with Crippen LogP contribution in [0.5, 0.6) is 0 Å². The van der Waals surface area contributed by atoms with Crippen LogP contribution in [0.3, 0.4) is 0 Å². The van der Waals surface area contributed by atoms with Gasteiger partial charge in [-0.05, 0) is 6.07 Å². The first-order valence-corrected chi connectivity index (χ1v) is 12.9. The van der Waals surface area contributed by atoms with Gasteiger partial charge >= 0.3 is 0 Å². The molecule has 0 spiro atoms. The van der Waals surface area contributed by atoms with Crippen LogP contribution in [0.4, 0.5) is 0 Å². The SMILES string of the molecule is CS(=O)(=O)c1cc(S(C)(=O)=O)c(S(C)(=O)=O)nc1S(C)(=O)=O. The van der Waals surface area contributed by atoms with E-state index in [9.17, 15) is 33.7 Å². The van der Waals surface area contributed by atoms with Gasteiger partial charge in [-0.3, -0.25) is 0 Å². The summed E-state index contributed by atoms with van der Waals surface area (Å²) in [6.45, 7) is 0. The summed E-state index contributed by atoms with van der Waals surface area (Å²) in [4.78, 5) is 1.57. The van der Waals surface area contributed by atoms with Crippen LogP contribution < -0.4 is 0 Å². The molecule has 1 aromatic heterocycles. The highest BCUT2D eigenvalue weighted by Crippen LogP contribution is 2.27. The zero-order valence-electron chi connectivity index (χ0n) is 11.9. The van der Waals surface area contributed by atoms with Crippen molar-refractivity contribution in [2.24, 2.45) is 0 Å². The molecule has 1 heterocycles. The Kier molecular flexibility index (Phi) is 4.53. The van der Waals surface area contributed by atoms with Crippen LogP contribution in [0.15, 0.2) is 25.9 Å². The second-order valence-corrected chi connectivity index (χ2v) is 12.5. The maximum atomic E-state index is 11.7. The van der Waals surface area contributed by atoms with Crippen LogP contribution >= 0.6 is 0 Å². The zero-order valence-corrected chi connectivity index (χ0v) is 15.2. The van der Waals surface area contributed by atoms with Crippen molar-refractivity contribution in [2.75, 3.05) is 25.0 Å². The van der Waals surface area contributed by atoms with Gasteiger partial charge in [-0.2, -0.15) is 0 Å². The minimum absolute atomic E-state index is 0.504. The van der Waals surface area contributed by atoms with Crippen molar-refractivity contribution < 1.29 is 33.7 Å². The lowest BCUT2D eigenvalue weighted by atomic mass is 10.5. The molecule has 0 radical (unpaired) electrons. The number of nitrogens with zero attached hydrogens (tertiary/aromatic N) is 1. The van der Waals surface area contributed by atoms with Gasteiger partial charge in [-0.25, -0.2) is 38.7 Å². The molecule has 13 heteroatoms. The smallest absolute Gasteiger partial charge is 0.194 e. The van der Waals surface area contributed by atoms with Gasteiger partial charge < -0.3 is 0 Å². The van der Waals surface area contributed by atoms with Crippen LogP contribution in [0.25, 0.3) is 0 Å². The van der Waals surface area contributed by atoms with Crippen LogP contribution in [0.2, 0.25) is 0 Å². The predicted octanol–water partition coefficient (Wildman–Crippen LogP) is -1.30. The average Bonchev–Trinajstić information content (AvgIpc) is 2.22. The number of hydrogen-bond acceptors (Lipinski definition) is 9. The van der Waals surface area contributed by atoms with E-state index in [4.69, 9.17) is 0 Å². The number of rotatable bonds is 4. The Morgan fingerprint density at radius 3 is 1.05 bits per heavy atom. The van der Waals surface area contributed by atoms with E-state index in [1.807, 2.05) is 0 Å². The Balaban J connectivity index is 4.27. The third-order valence-corrected chi connectivity index (χ3v) is 6.89. The van der Waals surface area contributed by atoms with E-state index in [1.165, 1.54) is 0 Å². The van der Waals surface area contributed by atoms with Crippen molar-refractivity contribution in [3.8, 4) is 0 Å². The van der Waals surface area contributed by atoms with Crippen molar-refractivity contribution in [1.82, 2.24) is 4.98 Å². The van der Waals surface area contributed by atoms with Crippen molar-refractivity contribution >= 4 is 39.3 Å². The summed E-state index contributed by atoms with van der Waals surface area (Å²) in [6, 6.07) is 0.504. The number of sulfone groups is 4. The second-order valence-electron chi connectivity index (χ2n) is 4.68. The molecule has 0 aliphatic rings. The Morgan fingerprint density at radius 2 is 0.864 bits per heavy atom. The van der Waals surface area contributed by atoms with Gasteiger partial charge in [0.15, 0.2) is 49.4 Å². The average molecular weight is 391 g/mol. The lowest BCUT2D eigenvalue weighted by molar-refractivity contribution is 0.566. The molecule has 0 aliphatic carbocycles. The van der Waals surface area contributed by atoms with Gasteiger partial charge in [-0.1, -0.05) is 0 Å². The van der Waals surface area contributed by atoms with Crippen molar-refractivity contribution in [3.63, 3.8) is 0 Å². The molecule has 126 valence electrons. The maximum Gasteiger partial charge on any atom is 0.194 e. The molecule has 0 bridgehead atoms. The third-order valence-electron chi connectivity index (χ3n) is 2.39. The summed E-state index contributed by atoms with van der Waals surface area (Å²) < 4.78 is 93.4. The molecule has 0 N–H and O–H groups in total.